The molecule has 0 bridgehead atoms. The van der Waals surface area contributed by atoms with Gasteiger partial charge in [-0.2, -0.15) is 0 Å². The van der Waals surface area contributed by atoms with Gasteiger partial charge >= 0.3 is 0 Å². The lowest BCUT2D eigenvalue weighted by Crippen LogP contribution is -2.22. The summed E-state index contributed by atoms with van der Waals surface area (Å²) in [6.45, 7) is 3.79. The molecule has 3 aromatic rings. The molecular formula is C30H32ClFN2O4. The molecule has 1 amide bonds. The van der Waals surface area contributed by atoms with Crippen molar-refractivity contribution in [1.82, 2.24) is 4.90 Å². The van der Waals surface area contributed by atoms with E-state index in [4.69, 9.17) is 26.8 Å². The first kappa shape index (κ1) is 27.6. The van der Waals surface area contributed by atoms with E-state index in [1.807, 2.05) is 6.07 Å². The Morgan fingerprint density at radius 3 is 2.37 bits per heavy atom. The van der Waals surface area contributed by atoms with Crippen LogP contribution in [0.1, 0.15) is 48.0 Å². The highest BCUT2D eigenvalue weighted by Crippen LogP contribution is 2.32. The highest BCUT2D eigenvalue weighted by molar-refractivity contribution is 6.42. The van der Waals surface area contributed by atoms with E-state index in [1.165, 1.54) is 93.7 Å². The smallest absolute Gasteiger partial charge is 0.289 e. The van der Waals surface area contributed by atoms with Crippen molar-refractivity contribution in [3.63, 3.8) is 0 Å². The summed E-state index contributed by atoms with van der Waals surface area (Å²) in [6.07, 6.45) is 7.84. The predicted molar refractivity (Wildman–Crippen MR) is 146 cm³/mol. The second-order valence-corrected chi connectivity index (χ2v) is 9.92. The number of ketones is 1. The van der Waals surface area contributed by atoms with Crippen molar-refractivity contribution < 1.29 is 23.5 Å². The van der Waals surface area contributed by atoms with Crippen LogP contribution < -0.4 is 15.2 Å². The van der Waals surface area contributed by atoms with Gasteiger partial charge in [-0.05, 0) is 112 Å². The maximum Gasteiger partial charge on any atom is 0.289 e. The summed E-state index contributed by atoms with van der Waals surface area (Å²) in [4.78, 5) is 24.8. The van der Waals surface area contributed by atoms with Gasteiger partial charge in [0.2, 0.25) is 5.78 Å². The zero-order valence-electron chi connectivity index (χ0n) is 21.2. The van der Waals surface area contributed by atoms with E-state index in [9.17, 15) is 14.0 Å². The summed E-state index contributed by atoms with van der Waals surface area (Å²) >= 11 is 6.27. The molecular weight excluding hydrogens is 507 g/mol. The highest BCUT2D eigenvalue weighted by Gasteiger charge is 2.24. The standard InChI is InChI=1S/C16H22ClNO.C14H10FNO3/c17-15-12-13(4-3-11-18-9-1-2-10-18)5-8-16(15)19-14-6-7-14;15-10-4-6-11(7-5-10)19-12-3-1-2-9(8-12)13(17)14(16)18/h5,8,12,14H,1-4,6-7,9-11H2;1-8H,(H2,16,18). The average Bonchev–Trinajstić information content (AvgIpc) is 3.58. The van der Waals surface area contributed by atoms with Crippen molar-refractivity contribution >= 4 is 23.3 Å². The molecule has 2 aliphatic rings. The Hall–Kier alpha value is -3.42. The minimum Gasteiger partial charge on any atom is -0.489 e. The molecule has 8 heteroatoms. The van der Waals surface area contributed by atoms with Crippen molar-refractivity contribution in [2.75, 3.05) is 19.6 Å². The molecule has 3 aromatic carbocycles. The molecule has 2 N–H and O–H groups in total. The van der Waals surface area contributed by atoms with Crippen molar-refractivity contribution in [3.8, 4) is 17.2 Å². The van der Waals surface area contributed by atoms with Gasteiger partial charge < -0.3 is 20.1 Å². The van der Waals surface area contributed by atoms with Gasteiger partial charge in [-0.1, -0.05) is 29.8 Å². The monoisotopic (exact) mass is 538 g/mol. The number of amides is 1. The van der Waals surface area contributed by atoms with E-state index in [-0.39, 0.29) is 11.4 Å². The molecule has 200 valence electrons. The third kappa shape index (κ3) is 8.57. The summed E-state index contributed by atoms with van der Waals surface area (Å²) in [5, 5.41) is 0.769. The number of hydrogen-bond donors (Lipinski definition) is 1. The van der Waals surface area contributed by atoms with E-state index in [0.29, 0.717) is 17.6 Å². The number of ether oxygens (including phenoxy) is 2. The lowest BCUT2D eigenvalue weighted by atomic mass is 10.1. The van der Waals surface area contributed by atoms with Crippen LogP contribution in [-0.4, -0.2) is 42.3 Å². The fourth-order valence-corrected chi connectivity index (χ4v) is 4.40. The quantitative estimate of drug-likeness (QED) is 0.246. The van der Waals surface area contributed by atoms with Crippen LogP contribution in [0.25, 0.3) is 0 Å². The van der Waals surface area contributed by atoms with Gasteiger partial charge in [0.25, 0.3) is 5.91 Å². The molecule has 0 spiro atoms. The van der Waals surface area contributed by atoms with Crippen LogP contribution in [0.4, 0.5) is 4.39 Å². The van der Waals surface area contributed by atoms with Crippen LogP contribution >= 0.6 is 11.6 Å². The molecule has 38 heavy (non-hydrogen) atoms. The number of aryl methyl sites for hydroxylation is 1. The second kappa shape index (κ2) is 13.4. The van der Waals surface area contributed by atoms with Gasteiger partial charge in [-0.3, -0.25) is 9.59 Å². The first-order chi connectivity index (χ1) is 18.4. The number of primary amides is 1. The Morgan fingerprint density at radius 1 is 0.974 bits per heavy atom. The number of nitrogens with two attached hydrogens (primary N) is 1. The van der Waals surface area contributed by atoms with Crippen molar-refractivity contribution in [2.24, 2.45) is 5.73 Å². The summed E-state index contributed by atoms with van der Waals surface area (Å²) in [7, 11) is 0. The van der Waals surface area contributed by atoms with Gasteiger partial charge in [0.1, 0.15) is 23.1 Å². The zero-order valence-corrected chi connectivity index (χ0v) is 22.0. The van der Waals surface area contributed by atoms with Crippen LogP contribution in [0, 0.1) is 5.82 Å². The maximum atomic E-state index is 12.7. The fourth-order valence-electron chi connectivity index (χ4n) is 4.16. The number of nitrogens with zero attached hydrogens (tertiary/aromatic N) is 1. The lowest BCUT2D eigenvalue weighted by molar-refractivity contribution is -0.114. The topological polar surface area (TPSA) is 81.9 Å². The summed E-state index contributed by atoms with van der Waals surface area (Å²) < 4.78 is 23.9. The number of halogens is 2. The number of carbonyl (C=O) groups is 2. The predicted octanol–water partition coefficient (Wildman–Crippen LogP) is 6.20. The summed E-state index contributed by atoms with van der Waals surface area (Å²) in [5.41, 5.74) is 6.39. The van der Waals surface area contributed by atoms with E-state index in [2.05, 4.69) is 17.0 Å². The molecule has 0 radical (unpaired) electrons. The van der Waals surface area contributed by atoms with E-state index >= 15 is 0 Å². The largest absolute Gasteiger partial charge is 0.489 e. The van der Waals surface area contributed by atoms with Crippen molar-refractivity contribution in [1.29, 1.82) is 0 Å². The van der Waals surface area contributed by atoms with E-state index in [0.717, 1.165) is 17.2 Å². The van der Waals surface area contributed by atoms with E-state index < -0.39 is 11.7 Å². The molecule has 1 saturated heterocycles. The normalized spacial score (nSPS) is 14.9. The SMILES string of the molecule is Clc1cc(CCCN2CCCC2)ccc1OC1CC1.NC(=O)C(=O)c1cccc(Oc2ccc(F)cc2)c1. The van der Waals surface area contributed by atoms with E-state index in [1.54, 1.807) is 12.1 Å². The molecule has 5 rings (SSSR count). The van der Waals surface area contributed by atoms with Crippen LogP contribution in [-0.2, 0) is 11.2 Å². The minimum atomic E-state index is -1.03. The molecule has 1 aliphatic carbocycles. The number of Topliss-reactive ketones (excluding diaryl/α,β-unsaturated/α-hetero) is 1. The third-order valence-electron chi connectivity index (χ3n) is 6.32. The molecule has 0 aromatic heterocycles. The Kier molecular flexibility index (Phi) is 9.73. The Labute approximate surface area is 227 Å². The first-order valence-electron chi connectivity index (χ1n) is 12.9. The van der Waals surface area contributed by atoms with Crippen LogP contribution in [0.2, 0.25) is 5.02 Å². The Bertz CT molecular complexity index is 1240. The molecule has 2 fully saturated rings. The van der Waals surface area contributed by atoms with Crippen LogP contribution in [0.3, 0.4) is 0 Å². The van der Waals surface area contributed by atoms with Crippen LogP contribution in [0.5, 0.6) is 17.2 Å². The van der Waals surface area contributed by atoms with Gasteiger partial charge in [-0.15, -0.1) is 0 Å². The molecule has 1 aliphatic heterocycles. The summed E-state index contributed by atoms with van der Waals surface area (Å²) in [5.74, 6) is -0.551. The van der Waals surface area contributed by atoms with Crippen molar-refractivity contribution in [2.45, 2.75) is 44.6 Å². The van der Waals surface area contributed by atoms with Gasteiger partial charge in [0.05, 0.1) is 11.1 Å². The van der Waals surface area contributed by atoms with Crippen molar-refractivity contribution in [3.05, 3.63) is 88.7 Å². The molecule has 1 saturated carbocycles. The Balaban J connectivity index is 0.000000177. The minimum absolute atomic E-state index is 0.145. The number of benzene rings is 3. The second-order valence-electron chi connectivity index (χ2n) is 9.51. The fraction of sp³-hybridized carbons (Fsp3) is 0.333. The molecule has 0 unspecified atom stereocenters. The van der Waals surface area contributed by atoms with Gasteiger partial charge in [0.15, 0.2) is 0 Å². The Morgan fingerprint density at radius 2 is 1.71 bits per heavy atom. The number of likely N-dealkylation sites (tertiary alicyclic amines) is 1. The molecule has 6 nitrogen and oxygen atoms in total. The van der Waals surface area contributed by atoms with Gasteiger partial charge in [-0.25, -0.2) is 4.39 Å². The molecule has 1 heterocycles. The third-order valence-corrected chi connectivity index (χ3v) is 6.62. The van der Waals surface area contributed by atoms with Crippen LogP contribution in [0.15, 0.2) is 66.7 Å². The molecule has 0 atom stereocenters. The highest BCUT2D eigenvalue weighted by atomic mass is 35.5. The number of hydrogen-bond acceptors (Lipinski definition) is 5. The zero-order chi connectivity index (χ0) is 26.9. The number of rotatable bonds is 10. The average molecular weight is 539 g/mol. The van der Waals surface area contributed by atoms with Gasteiger partial charge in [0, 0.05) is 5.56 Å². The lowest BCUT2D eigenvalue weighted by Gasteiger charge is -2.14. The maximum absolute atomic E-state index is 12.7. The number of carbonyl (C=O) groups excluding carboxylic acids is 2. The first-order valence-corrected chi connectivity index (χ1v) is 13.3. The summed E-state index contributed by atoms with van der Waals surface area (Å²) in [6, 6.07) is 17.7.